The van der Waals surface area contributed by atoms with Gasteiger partial charge >= 0.3 is 0 Å². The van der Waals surface area contributed by atoms with E-state index in [1.54, 1.807) is 12.1 Å². The molecule has 0 saturated carbocycles. The maximum atomic E-state index is 12.3. The molecule has 0 atom stereocenters. The molecule has 1 heterocycles. The van der Waals surface area contributed by atoms with Crippen LogP contribution in [0.2, 0.25) is 0 Å². The first-order chi connectivity index (χ1) is 14.0. The number of thiocarbonyl (C=S) groups is 1. The first-order valence-corrected chi connectivity index (χ1v) is 10.6. The molecular weight excluding hydrogens is 404 g/mol. The Labute approximate surface area is 178 Å². The number of anilines is 2. The highest BCUT2D eigenvalue weighted by Gasteiger charge is 2.10. The molecule has 0 aliphatic rings. The van der Waals surface area contributed by atoms with Gasteiger partial charge in [-0.05, 0) is 61.0 Å². The number of rotatable bonds is 6. The molecular formula is C21H22N4O2S2. The number of aromatic nitrogens is 1. The number of carbonyl (C=O) groups is 2. The number of carbonyl (C=O) groups excluding carboxylic acids is 2. The first-order valence-electron chi connectivity index (χ1n) is 9.40. The summed E-state index contributed by atoms with van der Waals surface area (Å²) in [6.45, 7) is 4.02. The van der Waals surface area contributed by atoms with Crippen LogP contribution in [-0.4, -0.2) is 21.9 Å². The molecule has 8 heteroatoms. The van der Waals surface area contributed by atoms with E-state index in [9.17, 15) is 9.59 Å². The lowest BCUT2D eigenvalue weighted by Crippen LogP contribution is -2.34. The van der Waals surface area contributed by atoms with Crippen molar-refractivity contribution in [2.75, 3.05) is 10.6 Å². The zero-order valence-corrected chi connectivity index (χ0v) is 17.9. The zero-order chi connectivity index (χ0) is 20.8. The van der Waals surface area contributed by atoms with E-state index < -0.39 is 0 Å². The molecule has 0 spiro atoms. The van der Waals surface area contributed by atoms with Gasteiger partial charge in [0.25, 0.3) is 5.91 Å². The molecule has 150 valence electrons. The van der Waals surface area contributed by atoms with Gasteiger partial charge in [-0.15, -0.1) is 0 Å². The van der Waals surface area contributed by atoms with E-state index in [4.69, 9.17) is 12.2 Å². The predicted molar refractivity (Wildman–Crippen MR) is 123 cm³/mol. The van der Waals surface area contributed by atoms with Crippen molar-refractivity contribution in [3.05, 3.63) is 53.6 Å². The summed E-state index contributed by atoms with van der Waals surface area (Å²) in [5, 5.41) is 9.31. The lowest BCUT2D eigenvalue weighted by Gasteiger charge is -2.10. The summed E-state index contributed by atoms with van der Waals surface area (Å²) in [6.07, 6.45) is 2.18. The molecule has 3 N–H and O–H groups in total. The van der Waals surface area contributed by atoms with Gasteiger partial charge in [0, 0.05) is 17.7 Å². The third-order valence-electron chi connectivity index (χ3n) is 4.22. The summed E-state index contributed by atoms with van der Waals surface area (Å²) in [5.41, 5.74) is 3.25. The number of amides is 2. The number of fused-ring (bicyclic) bond motifs is 1. The molecule has 0 fully saturated rings. The van der Waals surface area contributed by atoms with E-state index in [0.717, 1.165) is 28.7 Å². The lowest BCUT2D eigenvalue weighted by atomic mass is 10.1. The van der Waals surface area contributed by atoms with Crippen LogP contribution in [0.25, 0.3) is 10.2 Å². The Morgan fingerprint density at radius 3 is 2.52 bits per heavy atom. The second kappa shape index (κ2) is 9.58. The molecule has 0 aliphatic heterocycles. The van der Waals surface area contributed by atoms with Crippen LogP contribution >= 0.6 is 23.6 Å². The van der Waals surface area contributed by atoms with Crippen molar-refractivity contribution in [3.63, 3.8) is 0 Å². The van der Waals surface area contributed by atoms with Gasteiger partial charge < -0.3 is 10.6 Å². The number of nitrogens with one attached hydrogen (secondary N) is 3. The maximum absolute atomic E-state index is 12.3. The number of thiazole rings is 1. The quantitative estimate of drug-likeness (QED) is 0.497. The van der Waals surface area contributed by atoms with Crippen molar-refractivity contribution in [3.8, 4) is 0 Å². The summed E-state index contributed by atoms with van der Waals surface area (Å²) >= 11 is 6.66. The first kappa shape index (κ1) is 20.9. The Morgan fingerprint density at radius 2 is 1.83 bits per heavy atom. The van der Waals surface area contributed by atoms with Crippen molar-refractivity contribution >= 4 is 61.5 Å². The summed E-state index contributed by atoms with van der Waals surface area (Å²) in [6, 6.07) is 13.0. The minimum Gasteiger partial charge on any atom is -0.332 e. The van der Waals surface area contributed by atoms with Crippen molar-refractivity contribution in [1.82, 2.24) is 10.3 Å². The van der Waals surface area contributed by atoms with E-state index >= 15 is 0 Å². The largest absolute Gasteiger partial charge is 0.332 e. The lowest BCUT2D eigenvalue weighted by molar-refractivity contribution is -0.116. The molecule has 2 amide bonds. The molecule has 1 aromatic heterocycles. The van der Waals surface area contributed by atoms with Crippen LogP contribution in [0.1, 0.15) is 42.6 Å². The van der Waals surface area contributed by atoms with Crippen LogP contribution in [-0.2, 0) is 11.2 Å². The molecule has 29 heavy (non-hydrogen) atoms. The minimum absolute atomic E-state index is 0.0410. The van der Waals surface area contributed by atoms with Gasteiger partial charge in [0.2, 0.25) is 5.91 Å². The number of benzene rings is 2. The maximum Gasteiger partial charge on any atom is 0.257 e. The summed E-state index contributed by atoms with van der Waals surface area (Å²) < 4.78 is 0.908. The zero-order valence-electron chi connectivity index (χ0n) is 16.2. The van der Waals surface area contributed by atoms with Gasteiger partial charge in [0.1, 0.15) is 0 Å². The van der Waals surface area contributed by atoms with E-state index in [-0.39, 0.29) is 16.9 Å². The predicted octanol–water partition coefficient (Wildman–Crippen LogP) is 4.72. The summed E-state index contributed by atoms with van der Waals surface area (Å²) in [4.78, 5) is 28.5. The standard InChI is InChI=1S/C21H22N4O2S2/c1-3-5-18(26)24-21-23-16-11-10-15(12-17(16)29-21)22-20(28)25-19(27)14-8-6-13(4-2)7-9-14/h6-12H,3-5H2,1-2H3,(H,23,24,26)(H2,22,25,27,28). The molecule has 0 bridgehead atoms. The van der Waals surface area contributed by atoms with E-state index in [0.29, 0.717) is 17.1 Å². The van der Waals surface area contributed by atoms with Crippen LogP contribution in [0, 0.1) is 0 Å². The van der Waals surface area contributed by atoms with Gasteiger partial charge in [-0.3, -0.25) is 14.9 Å². The summed E-state index contributed by atoms with van der Waals surface area (Å²) in [5.74, 6) is -0.300. The second-order valence-corrected chi connectivity index (χ2v) is 7.90. The molecule has 2 aromatic carbocycles. The van der Waals surface area contributed by atoms with E-state index in [2.05, 4.69) is 27.9 Å². The molecule has 0 radical (unpaired) electrons. The highest BCUT2D eigenvalue weighted by atomic mass is 32.1. The molecule has 0 saturated heterocycles. The third kappa shape index (κ3) is 5.58. The van der Waals surface area contributed by atoms with Crippen LogP contribution < -0.4 is 16.0 Å². The van der Waals surface area contributed by atoms with Crippen molar-refractivity contribution < 1.29 is 9.59 Å². The Hall–Kier alpha value is -2.84. The summed E-state index contributed by atoms with van der Waals surface area (Å²) in [7, 11) is 0. The number of aryl methyl sites for hydroxylation is 1. The third-order valence-corrected chi connectivity index (χ3v) is 5.36. The fourth-order valence-corrected chi connectivity index (χ4v) is 3.83. The van der Waals surface area contributed by atoms with Gasteiger partial charge in [-0.1, -0.05) is 37.3 Å². The van der Waals surface area contributed by atoms with Gasteiger partial charge in [0.15, 0.2) is 10.2 Å². The Bertz CT molecular complexity index is 1040. The van der Waals surface area contributed by atoms with Gasteiger partial charge in [-0.2, -0.15) is 0 Å². The average molecular weight is 427 g/mol. The van der Waals surface area contributed by atoms with E-state index in [1.807, 2.05) is 37.3 Å². The van der Waals surface area contributed by atoms with Crippen LogP contribution in [0.15, 0.2) is 42.5 Å². The van der Waals surface area contributed by atoms with E-state index in [1.165, 1.54) is 16.9 Å². The van der Waals surface area contributed by atoms with Crippen molar-refractivity contribution in [2.24, 2.45) is 0 Å². The molecule has 0 unspecified atom stereocenters. The minimum atomic E-state index is -0.259. The highest BCUT2D eigenvalue weighted by molar-refractivity contribution is 7.80. The highest BCUT2D eigenvalue weighted by Crippen LogP contribution is 2.28. The van der Waals surface area contributed by atoms with Gasteiger partial charge in [0.05, 0.1) is 10.2 Å². The van der Waals surface area contributed by atoms with Crippen molar-refractivity contribution in [1.29, 1.82) is 0 Å². The van der Waals surface area contributed by atoms with Crippen molar-refractivity contribution in [2.45, 2.75) is 33.1 Å². The fourth-order valence-electron chi connectivity index (χ4n) is 2.69. The smallest absolute Gasteiger partial charge is 0.257 e. The number of hydrogen-bond acceptors (Lipinski definition) is 5. The topological polar surface area (TPSA) is 83.1 Å². The normalized spacial score (nSPS) is 10.6. The molecule has 3 rings (SSSR count). The van der Waals surface area contributed by atoms with Gasteiger partial charge in [-0.25, -0.2) is 4.98 Å². The molecule has 3 aromatic rings. The Kier molecular flexibility index (Phi) is 6.90. The van der Waals surface area contributed by atoms with Crippen LogP contribution in [0.5, 0.6) is 0 Å². The SMILES string of the molecule is CCCC(=O)Nc1nc2ccc(NC(=S)NC(=O)c3ccc(CC)cc3)cc2s1. The number of nitrogens with zero attached hydrogens (tertiary/aromatic N) is 1. The number of hydrogen-bond donors (Lipinski definition) is 3. The monoisotopic (exact) mass is 426 g/mol. The molecule has 6 nitrogen and oxygen atoms in total. The van der Waals surface area contributed by atoms with Crippen LogP contribution in [0.3, 0.4) is 0 Å². The molecule has 0 aliphatic carbocycles. The van der Waals surface area contributed by atoms with Crippen LogP contribution in [0.4, 0.5) is 10.8 Å². The fraction of sp³-hybridized carbons (Fsp3) is 0.238. The average Bonchev–Trinajstić information content (AvgIpc) is 3.09. The Morgan fingerprint density at radius 1 is 1.07 bits per heavy atom. The second-order valence-electron chi connectivity index (χ2n) is 6.46. The Balaban J connectivity index is 1.63.